The van der Waals surface area contributed by atoms with Crippen LogP contribution in [-0.2, 0) is 28.3 Å². The first-order valence-electron chi connectivity index (χ1n) is 12.0. The summed E-state index contributed by atoms with van der Waals surface area (Å²) in [5.41, 5.74) is 0.835. The van der Waals surface area contributed by atoms with Gasteiger partial charge in [0.15, 0.2) is 0 Å². The number of ether oxygens (including phenoxy) is 1. The highest BCUT2D eigenvalue weighted by molar-refractivity contribution is 7.89. The van der Waals surface area contributed by atoms with E-state index < -0.39 is 27.3 Å². The van der Waals surface area contributed by atoms with Crippen molar-refractivity contribution in [3.8, 4) is 23.0 Å². The summed E-state index contributed by atoms with van der Waals surface area (Å²) in [5.74, 6) is 0.789. The fourth-order valence-corrected chi connectivity index (χ4v) is 6.38. The van der Waals surface area contributed by atoms with Crippen LogP contribution in [0.15, 0.2) is 48.7 Å². The number of nitrogens with one attached hydrogen (secondary N) is 1. The van der Waals surface area contributed by atoms with E-state index in [1.165, 1.54) is 6.07 Å². The van der Waals surface area contributed by atoms with Crippen LogP contribution in [0, 0.1) is 5.92 Å². The third-order valence-corrected chi connectivity index (χ3v) is 8.42. The van der Waals surface area contributed by atoms with Crippen LogP contribution in [0.2, 0.25) is 0 Å². The molecule has 7 nitrogen and oxygen atoms in total. The molecule has 1 N–H and O–H groups in total. The van der Waals surface area contributed by atoms with Gasteiger partial charge in [-0.1, -0.05) is 24.6 Å². The van der Waals surface area contributed by atoms with Crippen molar-refractivity contribution in [2.75, 3.05) is 5.75 Å². The molecule has 2 heterocycles. The Morgan fingerprint density at radius 1 is 1.17 bits per heavy atom. The Hall–Kier alpha value is -2.92. The van der Waals surface area contributed by atoms with Crippen molar-refractivity contribution in [2.24, 2.45) is 5.92 Å². The molecule has 2 aliphatic carbocycles. The smallest absolute Gasteiger partial charge is 0.417 e. The molecule has 1 aromatic carbocycles. The molecule has 36 heavy (non-hydrogen) atoms. The van der Waals surface area contributed by atoms with Crippen molar-refractivity contribution < 1.29 is 26.3 Å². The van der Waals surface area contributed by atoms with E-state index in [0.717, 1.165) is 55.5 Å². The Morgan fingerprint density at radius 3 is 2.53 bits per heavy atom. The summed E-state index contributed by atoms with van der Waals surface area (Å²) in [6.07, 6.45) is 0.756. The van der Waals surface area contributed by atoms with Gasteiger partial charge in [-0.15, -0.1) is 0 Å². The van der Waals surface area contributed by atoms with Gasteiger partial charge in [0.2, 0.25) is 21.8 Å². The van der Waals surface area contributed by atoms with Gasteiger partial charge < -0.3 is 4.74 Å². The molecule has 2 aromatic heterocycles. The predicted octanol–water partition coefficient (Wildman–Crippen LogP) is 5.48. The molecule has 3 aromatic rings. The second kappa shape index (κ2) is 9.19. The second-order valence-corrected chi connectivity index (χ2v) is 11.3. The minimum absolute atomic E-state index is 0.0238. The summed E-state index contributed by atoms with van der Waals surface area (Å²) in [5, 5.41) is 4.57. The Balaban J connectivity index is 1.35. The summed E-state index contributed by atoms with van der Waals surface area (Å²) in [6, 6.07) is 11.4. The molecule has 0 bridgehead atoms. The van der Waals surface area contributed by atoms with Crippen molar-refractivity contribution in [3.63, 3.8) is 0 Å². The number of aryl methyl sites for hydroxylation is 1. The number of nitrogens with zero attached hydrogens (tertiary/aromatic N) is 3. The molecule has 0 aliphatic heterocycles. The number of alkyl halides is 3. The predicted molar refractivity (Wildman–Crippen MR) is 128 cm³/mol. The van der Waals surface area contributed by atoms with Crippen molar-refractivity contribution in [3.05, 3.63) is 59.8 Å². The first-order valence-corrected chi connectivity index (χ1v) is 13.6. The maximum Gasteiger partial charge on any atom is 0.417 e. The summed E-state index contributed by atoms with van der Waals surface area (Å²) in [6.45, 7) is 2.34. The molecule has 0 atom stereocenters. The van der Waals surface area contributed by atoms with Crippen molar-refractivity contribution in [1.82, 2.24) is 19.5 Å². The Kier molecular flexibility index (Phi) is 6.32. The topological polar surface area (TPSA) is 86.1 Å². The quantitative estimate of drug-likeness (QED) is 0.404. The lowest BCUT2D eigenvalue weighted by Gasteiger charge is -2.26. The summed E-state index contributed by atoms with van der Waals surface area (Å²) in [4.78, 5) is 3.77. The third kappa shape index (κ3) is 5.27. The van der Waals surface area contributed by atoms with Gasteiger partial charge in [0.1, 0.15) is 0 Å². The normalized spacial score (nSPS) is 17.6. The van der Waals surface area contributed by atoms with Crippen LogP contribution < -0.4 is 9.46 Å². The van der Waals surface area contributed by atoms with Crippen LogP contribution in [0.25, 0.3) is 11.3 Å². The summed E-state index contributed by atoms with van der Waals surface area (Å²) >= 11 is 0. The van der Waals surface area contributed by atoms with Crippen LogP contribution >= 0.6 is 0 Å². The molecule has 2 aliphatic rings. The van der Waals surface area contributed by atoms with Crippen LogP contribution in [0.1, 0.15) is 50.2 Å². The van der Waals surface area contributed by atoms with E-state index in [1.807, 2.05) is 31.2 Å². The zero-order valence-electron chi connectivity index (χ0n) is 19.8. The molecule has 2 fully saturated rings. The maximum atomic E-state index is 12.8. The number of benzene rings is 1. The third-order valence-electron chi connectivity index (χ3n) is 6.81. The number of pyridine rings is 1. The highest BCUT2D eigenvalue weighted by Crippen LogP contribution is 2.47. The molecule has 0 amide bonds. The van der Waals surface area contributed by atoms with E-state index in [4.69, 9.17) is 4.74 Å². The summed E-state index contributed by atoms with van der Waals surface area (Å²) < 4.78 is 74.2. The highest BCUT2D eigenvalue weighted by atomic mass is 32.2. The van der Waals surface area contributed by atoms with E-state index in [2.05, 4.69) is 14.8 Å². The zero-order chi connectivity index (χ0) is 25.6. The Bertz CT molecular complexity index is 1350. The lowest BCUT2D eigenvalue weighted by Crippen LogP contribution is -2.39. The highest BCUT2D eigenvalue weighted by Gasteiger charge is 2.47. The number of aromatic nitrogens is 3. The standard InChI is InChI=1S/C25H27F3N4O3S/c1-2-32-23(35-22-10-9-20(15-29-22)25(26,27)28)14-21(30-32)18-7-4-8-19(13-18)24(11-12-24)31-36(33,34)16-17-5-3-6-17/h4,7-10,13-15,17,31H,2-3,5-6,11-12,16H2,1H3. The van der Waals surface area contributed by atoms with Crippen molar-refractivity contribution in [1.29, 1.82) is 0 Å². The van der Waals surface area contributed by atoms with Gasteiger partial charge in [-0.2, -0.15) is 18.3 Å². The average molecular weight is 521 g/mol. The van der Waals surface area contributed by atoms with E-state index in [-0.39, 0.29) is 17.6 Å². The van der Waals surface area contributed by atoms with Crippen molar-refractivity contribution in [2.45, 2.75) is 57.3 Å². The zero-order valence-corrected chi connectivity index (χ0v) is 20.6. The minimum Gasteiger partial charge on any atom is -0.421 e. The van der Waals surface area contributed by atoms with Gasteiger partial charge in [0.25, 0.3) is 0 Å². The number of rotatable bonds is 9. The fraction of sp³-hybridized carbons (Fsp3) is 0.440. The molecule has 0 spiro atoms. The lowest BCUT2D eigenvalue weighted by molar-refractivity contribution is -0.137. The molecule has 5 rings (SSSR count). The molecule has 2 saturated carbocycles. The summed E-state index contributed by atoms with van der Waals surface area (Å²) in [7, 11) is -3.38. The number of hydrogen-bond donors (Lipinski definition) is 1. The first kappa shape index (κ1) is 24.8. The van der Waals surface area contributed by atoms with Gasteiger partial charge >= 0.3 is 6.18 Å². The van der Waals surface area contributed by atoms with Gasteiger partial charge in [-0.3, -0.25) is 0 Å². The van der Waals surface area contributed by atoms with E-state index in [0.29, 0.717) is 18.1 Å². The molecule has 11 heteroatoms. The van der Waals surface area contributed by atoms with Crippen molar-refractivity contribution >= 4 is 10.0 Å². The lowest BCUT2D eigenvalue weighted by atomic mass is 9.87. The van der Waals surface area contributed by atoms with Crippen LogP contribution in [-0.4, -0.2) is 28.9 Å². The molecular weight excluding hydrogens is 493 g/mol. The average Bonchev–Trinajstić information content (AvgIpc) is 3.46. The molecule has 192 valence electrons. The largest absolute Gasteiger partial charge is 0.421 e. The second-order valence-electron chi connectivity index (χ2n) is 9.51. The van der Waals surface area contributed by atoms with Gasteiger partial charge in [0.05, 0.1) is 22.5 Å². The van der Waals surface area contributed by atoms with E-state index in [9.17, 15) is 21.6 Å². The number of halogens is 3. The minimum atomic E-state index is -4.47. The Morgan fingerprint density at radius 2 is 1.94 bits per heavy atom. The number of hydrogen-bond acceptors (Lipinski definition) is 5. The maximum absolute atomic E-state index is 12.8. The first-order chi connectivity index (χ1) is 17.1. The van der Waals surface area contributed by atoms with Gasteiger partial charge in [-0.05, 0) is 56.2 Å². The van der Waals surface area contributed by atoms with Crippen LogP contribution in [0.3, 0.4) is 0 Å². The van der Waals surface area contributed by atoms with Gasteiger partial charge in [0, 0.05) is 30.4 Å². The molecule has 0 unspecified atom stereocenters. The number of sulfonamides is 1. The van der Waals surface area contributed by atoms with Crippen LogP contribution in [0.4, 0.5) is 13.2 Å². The molecule has 0 radical (unpaired) electrons. The Labute approximate surface area is 207 Å². The molecular formula is C25H27F3N4O3S. The van der Waals surface area contributed by atoms with E-state index >= 15 is 0 Å². The SMILES string of the molecule is CCn1nc(-c2cccc(C3(NS(=O)(=O)CC4CCC4)CC3)c2)cc1Oc1ccc(C(F)(F)F)cn1. The monoisotopic (exact) mass is 520 g/mol. The van der Waals surface area contributed by atoms with Crippen LogP contribution in [0.5, 0.6) is 11.8 Å². The van der Waals surface area contributed by atoms with E-state index in [1.54, 1.807) is 10.7 Å². The van der Waals surface area contributed by atoms with Gasteiger partial charge in [-0.25, -0.2) is 22.8 Å². The molecule has 0 saturated heterocycles. The fourth-order valence-electron chi connectivity index (χ4n) is 4.42.